The van der Waals surface area contributed by atoms with Gasteiger partial charge >= 0.3 is 6.03 Å². The first-order valence-corrected chi connectivity index (χ1v) is 8.47. The molecule has 1 fully saturated rings. The van der Waals surface area contributed by atoms with Gasteiger partial charge in [0.25, 0.3) is 5.91 Å². The molecule has 1 saturated heterocycles. The minimum atomic E-state index is -1.23. The number of carbonyl (C=O) groups is 3. The van der Waals surface area contributed by atoms with Crippen molar-refractivity contribution in [3.05, 3.63) is 65.2 Å². The number of carbonyl (C=O) groups excluding carboxylic acids is 3. The molecule has 134 valence electrons. The SMILES string of the molecule is Cc1cccc(C)c1NC(=O)CCC1(c2ccccc2)NC(=O)NC1=O. The molecule has 6 heteroatoms. The number of imide groups is 1. The summed E-state index contributed by atoms with van der Waals surface area (Å²) >= 11 is 0. The van der Waals surface area contributed by atoms with Crippen molar-refractivity contribution in [2.75, 3.05) is 5.32 Å². The molecule has 26 heavy (non-hydrogen) atoms. The van der Waals surface area contributed by atoms with Gasteiger partial charge in [-0.15, -0.1) is 0 Å². The molecule has 2 aromatic rings. The number of aryl methyl sites for hydroxylation is 2. The Morgan fingerprint density at radius 1 is 1.00 bits per heavy atom. The number of benzene rings is 2. The number of anilines is 1. The highest BCUT2D eigenvalue weighted by atomic mass is 16.2. The highest BCUT2D eigenvalue weighted by Crippen LogP contribution is 2.30. The maximum Gasteiger partial charge on any atom is 0.322 e. The lowest BCUT2D eigenvalue weighted by Gasteiger charge is -2.26. The van der Waals surface area contributed by atoms with E-state index >= 15 is 0 Å². The van der Waals surface area contributed by atoms with Crippen LogP contribution >= 0.6 is 0 Å². The largest absolute Gasteiger partial charge is 0.326 e. The lowest BCUT2D eigenvalue weighted by Crippen LogP contribution is -2.44. The van der Waals surface area contributed by atoms with Crippen LogP contribution < -0.4 is 16.0 Å². The third-order valence-electron chi connectivity index (χ3n) is 4.68. The number of hydrogen-bond donors (Lipinski definition) is 3. The smallest absolute Gasteiger partial charge is 0.322 e. The van der Waals surface area contributed by atoms with Crippen LogP contribution in [0.15, 0.2) is 48.5 Å². The fourth-order valence-corrected chi connectivity index (χ4v) is 3.25. The molecule has 0 aliphatic carbocycles. The number of hydrogen-bond acceptors (Lipinski definition) is 3. The van der Waals surface area contributed by atoms with Crippen LogP contribution in [-0.2, 0) is 15.1 Å². The molecule has 3 N–H and O–H groups in total. The lowest BCUT2D eigenvalue weighted by atomic mass is 9.85. The van der Waals surface area contributed by atoms with Crippen molar-refractivity contribution in [1.29, 1.82) is 0 Å². The predicted molar refractivity (Wildman–Crippen MR) is 98.6 cm³/mol. The molecular formula is C20H21N3O3. The summed E-state index contributed by atoms with van der Waals surface area (Å²) < 4.78 is 0. The molecule has 6 nitrogen and oxygen atoms in total. The van der Waals surface area contributed by atoms with E-state index in [1.54, 1.807) is 24.3 Å². The van der Waals surface area contributed by atoms with Gasteiger partial charge in [0.2, 0.25) is 5.91 Å². The molecular weight excluding hydrogens is 330 g/mol. The normalized spacial score (nSPS) is 19.0. The average molecular weight is 351 g/mol. The van der Waals surface area contributed by atoms with Crippen LogP contribution in [0.25, 0.3) is 0 Å². The number of nitrogens with one attached hydrogen (secondary N) is 3. The summed E-state index contributed by atoms with van der Waals surface area (Å²) in [5.41, 5.74) is 2.16. The number of para-hydroxylation sites is 1. The van der Waals surface area contributed by atoms with Crippen LogP contribution in [0.3, 0.4) is 0 Å². The molecule has 0 aromatic heterocycles. The Hall–Kier alpha value is -3.15. The van der Waals surface area contributed by atoms with Gasteiger partial charge in [0, 0.05) is 12.1 Å². The predicted octanol–water partition coefficient (Wildman–Crippen LogP) is 2.76. The van der Waals surface area contributed by atoms with Crippen molar-refractivity contribution in [1.82, 2.24) is 10.6 Å². The molecule has 1 aliphatic heterocycles. The fourth-order valence-electron chi connectivity index (χ4n) is 3.25. The summed E-state index contributed by atoms with van der Waals surface area (Å²) in [6, 6.07) is 14.2. The average Bonchev–Trinajstić information content (AvgIpc) is 2.92. The molecule has 1 atom stereocenters. The summed E-state index contributed by atoms with van der Waals surface area (Å²) in [4.78, 5) is 36.7. The van der Waals surface area contributed by atoms with Crippen LogP contribution in [0.5, 0.6) is 0 Å². The van der Waals surface area contributed by atoms with Crippen molar-refractivity contribution in [3.8, 4) is 0 Å². The standard InChI is InChI=1S/C20H21N3O3/c1-13-7-6-8-14(2)17(13)21-16(24)11-12-20(15-9-4-3-5-10-15)18(25)22-19(26)23-20/h3-10H,11-12H2,1-2H3,(H,21,24)(H2,22,23,25,26). The quantitative estimate of drug-likeness (QED) is 0.724. The Balaban J connectivity index is 1.78. The summed E-state index contributed by atoms with van der Waals surface area (Å²) in [5, 5.41) is 7.89. The van der Waals surface area contributed by atoms with Gasteiger partial charge in [0.1, 0.15) is 5.54 Å². The van der Waals surface area contributed by atoms with Gasteiger partial charge in [-0.3, -0.25) is 14.9 Å². The van der Waals surface area contributed by atoms with Gasteiger partial charge in [-0.1, -0.05) is 48.5 Å². The number of urea groups is 1. The molecule has 4 amide bonds. The van der Waals surface area contributed by atoms with Crippen molar-refractivity contribution >= 4 is 23.5 Å². The van der Waals surface area contributed by atoms with Crippen LogP contribution in [0, 0.1) is 13.8 Å². The van der Waals surface area contributed by atoms with E-state index in [1.807, 2.05) is 38.1 Å². The topological polar surface area (TPSA) is 87.3 Å². The molecule has 1 aliphatic rings. The second kappa shape index (κ2) is 7.00. The molecule has 0 spiro atoms. The van der Waals surface area contributed by atoms with Gasteiger partial charge in [-0.25, -0.2) is 4.79 Å². The van der Waals surface area contributed by atoms with Crippen LogP contribution in [0.4, 0.5) is 10.5 Å². The molecule has 3 rings (SSSR count). The number of rotatable bonds is 5. The Morgan fingerprint density at radius 2 is 1.65 bits per heavy atom. The minimum Gasteiger partial charge on any atom is -0.326 e. The maximum absolute atomic E-state index is 12.5. The lowest BCUT2D eigenvalue weighted by molar-refractivity contribution is -0.125. The van der Waals surface area contributed by atoms with E-state index in [1.165, 1.54) is 0 Å². The summed E-state index contributed by atoms with van der Waals surface area (Å²) in [6.45, 7) is 3.86. The van der Waals surface area contributed by atoms with Gasteiger partial charge in [0.05, 0.1) is 0 Å². The van der Waals surface area contributed by atoms with Crippen molar-refractivity contribution in [3.63, 3.8) is 0 Å². The first-order chi connectivity index (χ1) is 12.4. The van der Waals surface area contributed by atoms with Gasteiger partial charge < -0.3 is 10.6 Å². The zero-order valence-corrected chi connectivity index (χ0v) is 14.8. The van der Waals surface area contributed by atoms with Crippen molar-refractivity contribution in [2.45, 2.75) is 32.2 Å². The highest BCUT2D eigenvalue weighted by molar-refractivity contribution is 6.07. The molecule has 0 bridgehead atoms. The monoisotopic (exact) mass is 351 g/mol. The zero-order valence-electron chi connectivity index (χ0n) is 14.8. The summed E-state index contributed by atoms with van der Waals surface area (Å²) in [6.07, 6.45) is 0.266. The third kappa shape index (κ3) is 3.31. The van der Waals surface area contributed by atoms with Crippen LogP contribution in [-0.4, -0.2) is 17.8 Å². The Bertz CT molecular complexity index is 844. The van der Waals surface area contributed by atoms with Gasteiger partial charge in [-0.2, -0.15) is 0 Å². The van der Waals surface area contributed by atoms with E-state index in [-0.39, 0.29) is 18.7 Å². The first kappa shape index (κ1) is 17.7. The highest BCUT2D eigenvalue weighted by Gasteiger charge is 2.47. The summed E-state index contributed by atoms with van der Waals surface area (Å²) in [7, 11) is 0. The van der Waals surface area contributed by atoms with Crippen LogP contribution in [0.1, 0.15) is 29.5 Å². The van der Waals surface area contributed by atoms with E-state index in [0.717, 1.165) is 16.8 Å². The van der Waals surface area contributed by atoms with E-state index in [4.69, 9.17) is 0 Å². The molecule has 0 saturated carbocycles. The second-order valence-electron chi connectivity index (χ2n) is 6.49. The maximum atomic E-state index is 12.5. The van der Waals surface area contributed by atoms with Crippen LogP contribution in [0.2, 0.25) is 0 Å². The molecule has 1 heterocycles. The molecule has 2 aromatic carbocycles. The van der Waals surface area contributed by atoms with Gasteiger partial charge in [-0.05, 0) is 37.0 Å². The van der Waals surface area contributed by atoms with Gasteiger partial charge in [0.15, 0.2) is 0 Å². The number of amides is 4. The molecule has 0 radical (unpaired) electrons. The van der Waals surface area contributed by atoms with E-state index in [0.29, 0.717) is 5.56 Å². The molecule has 1 unspecified atom stereocenters. The second-order valence-corrected chi connectivity index (χ2v) is 6.49. The van der Waals surface area contributed by atoms with E-state index in [2.05, 4.69) is 16.0 Å². The third-order valence-corrected chi connectivity index (χ3v) is 4.68. The Kier molecular flexibility index (Phi) is 4.75. The van der Waals surface area contributed by atoms with E-state index in [9.17, 15) is 14.4 Å². The van der Waals surface area contributed by atoms with Crippen molar-refractivity contribution < 1.29 is 14.4 Å². The van der Waals surface area contributed by atoms with E-state index < -0.39 is 17.5 Å². The Morgan fingerprint density at radius 3 is 2.23 bits per heavy atom. The van der Waals surface area contributed by atoms with Crippen molar-refractivity contribution in [2.24, 2.45) is 0 Å². The summed E-state index contributed by atoms with van der Waals surface area (Å²) in [5.74, 6) is -0.639. The zero-order chi connectivity index (χ0) is 18.7. The first-order valence-electron chi connectivity index (χ1n) is 8.47. The fraction of sp³-hybridized carbons (Fsp3) is 0.250. The Labute approximate surface area is 152 Å². The minimum absolute atomic E-state index is 0.0936.